The van der Waals surface area contributed by atoms with Gasteiger partial charge in [0.2, 0.25) is 5.76 Å². The van der Waals surface area contributed by atoms with Gasteiger partial charge in [-0.2, -0.15) is 0 Å². The molecule has 0 unspecified atom stereocenters. The molecule has 1 aromatic heterocycles. The summed E-state index contributed by atoms with van der Waals surface area (Å²) in [4.78, 5) is 34.9. The Morgan fingerprint density at radius 1 is 1.46 bits per heavy atom. The molecular formula is C13H16N2O8S. The molecule has 1 amide bonds. The average molecular weight is 360 g/mol. The highest BCUT2D eigenvalue weighted by atomic mass is 32.2. The standard InChI is InChI=1S/C13H16N2O8S/c1-2-14(9-5-6-24(20,21)8-9)11(16)7-22-13(17)10-3-4-12(23-10)15(18)19/h3-4,9H,2,5-8H2,1H3/t9-/m0/s1. The molecule has 24 heavy (non-hydrogen) atoms. The molecule has 1 atom stereocenters. The van der Waals surface area contributed by atoms with Gasteiger partial charge in [-0.15, -0.1) is 0 Å². The molecule has 132 valence electrons. The van der Waals surface area contributed by atoms with Crippen LogP contribution in [0.1, 0.15) is 23.9 Å². The highest BCUT2D eigenvalue weighted by Gasteiger charge is 2.34. The van der Waals surface area contributed by atoms with Crippen LogP contribution in [0.15, 0.2) is 16.5 Å². The van der Waals surface area contributed by atoms with Gasteiger partial charge in [-0.25, -0.2) is 13.2 Å². The first kappa shape index (κ1) is 17.9. The van der Waals surface area contributed by atoms with E-state index in [1.54, 1.807) is 6.92 Å². The van der Waals surface area contributed by atoms with Crippen LogP contribution in [-0.4, -0.2) is 60.8 Å². The van der Waals surface area contributed by atoms with E-state index < -0.39 is 45.2 Å². The maximum Gasteiger partial charge on any atom is 0.433 e. The van der Waals surface area contributed by atoms with Crippen molar-refractivity contribution in [3.63, 3.8) is 0 Å². The Balaban J connectivity index is 1.93. The van der Waals surface area contributed by atoms with E-state index >= 15 is 0 Å². The van der Waals surface area contributed by atoms with E-state index in [9.17, 15) is 28.1 Å². The molecule has 2 rings (SSSR count). The second-order valence-corrected chi connectivity index (χ2v) is 7.44. The first-order valence-corrected chi connectivity index (χ1v) is 8.97. The highest BCUT2D eigenvalue weighted by Crippen LogP contribution is 2.19. The van der Waals surface area contributed by atoms with E-state index in [1.807, 2.05) is 0 Å². The zero-order valence-corrected chi connectivity index (χ0v) is 13.7. The summed E-state index contributed by atoms with van der Waals surface area (Å²) in [5.41, 5.74) is 0. The number of hydrogen-bond acceptors (Lipinski definition) is 8. The highest BCUT2D eigenvalue weighted by molar-refractivity contribution is 7.91. The molecule has 1 saturated heterocycles. The minimum Gasteiger partial charge on any atom is -0.450 e. The Morgan fingerprint density at radius 2 is 2.17 bits per heavy atom. The van der Waals surface area contributed by atoms with Crippen LogP contribution in [0.4, 0.5) is 5.88 Å². The summed E-state index contributed by atoms with van der Waals surface area (Å²) >= 11 is 0. The summed E-state index contributed by atoms with van der Waals surface area (Å²) in [5, 5.41) is 10.5. The van der Waals surface area contributed by atoms with E-state index in [2.05, 4.69) is 4.42 Å². The Bertz CT molecular complexity index is 754. The van der Waals surface area contributed by atoms with Crippen molar-refractivity contribution in [3.8, 4) is 0 Å². The molecule has 0 aromatic carbocycles. The fraction of sp³-hybridized carbons (Fsp3) is 0.538. The Hall–Kier alpha value is -2.43. The number of ether oxygens (including phenoxy) is 1. The second-order valence-electron chi connectivity index (χ2n) is 5.21. The fourth-order valence-electron chi connectivity index (χ4n) is 2.48. The summed E-state index contributed by atoms with van der Waals surface area (Å²) in [6.45, 7) is 1.38. The molecule has 11 heteroatoms. The molecule has 1 fully saturated rings. The molecule has 0 aliphatic carbocycles. The molecule has 10 nitrogen and oxygen atoms in total. The van der Waals surface area contributed by atoms with Gasteiger partial charge >= 0.3 is 11.9 Å². The van der Waals surface area contributed by atoms with Crippen molar-refractivity contribution in [1.29, 1.82) is 0 Å². The molecule has 0 spiro atoms. The van der Waals surface area contributed by atoms with Crippen LogP contribution in [0.5, 0.6) is 0 Å². The average Bonchev–Trinajstić information content (AvgIpc) is 3.12. The van der Waals surface area contributed by atoms with Crippen LogP contribution in [0.2, 0.25) is 0 Å². The third kappa shape index (κ3) is 4.10. The number of hydrogen-bond donors (Lipinski definition) is 0. The lowest BCUT2D eigenvalue weighted by molar-refractivity contribution is -0.402. The predicted molar refractivity (Wildman–Crippen MR) is 80.1 cm³/mol. The monoisotopic (exact) mass is 360 g/mol. The SMILES string of the molecule is CCN(C(=O)COC(=O)c1ccc([N+](=O)[O-])o1)[C@H]1CCS(=O)(=O)C1. The van der Waals surface area contributed by atoms with Crippen molar-refractivity contribution >= 4 is 27.6 Å². The van der Waals surface area contributed by atoms with Crippen molar-refractivity contribution in [3.05, 3.63) is 28.0 Å². The number of nitrogens with zero attached hydrogens (tertiary/aromatic N) is 2. The zero-order valence-electron chi connectivity index (χ0n) is 12.8. The van der Waals surface area contributed by atoms with Crippen molar-refractivity contribution in [1.82, 2.24) is 4.90 Å². The summed E-state index contributed by atoms with van der Waals surface area (Å²) in [7, 11) is -3.14. The smallest absolute Gasteiger partial charge is 0.433 e. The van der Waals surface area contributed by atoms with Crippen LogP contribution in [0.25, 0.3) is 0 Å². The third-order valence-electron chi connectivity index (χ3n) is 3.61. The van der Waals surface area contributed by atoms with Gasteiger partial charge in [0.25, 0.3) is 5.91 Å². The van der Waals surface area contributed by atoms with Gasteiger partial charge in [0.15, 0.2) is 16.4 Å². The predicted octanol–water partition coefficient (Wildman–Crippen LogP) is 0.380. The maximum absolute atomic E-state index is 12.1. The first-order valence-electron chi connectivity index (χ1n) is 7.14. The van der Waals surface area contributed by atoms with Crippen LogP contribution in [-0.2, 0) is 19.4 Å². The third-order valence-corrected chi connectivity index (χ3v) is 5.36. The summed E-state index contributed by atoms with van der Waals surface area (Å²) in [5.74, 6) is -2.62. The lowest BCUT2D eigenvalue weighted by atomic mass is 10.2. The second kappa shape index (κ2) is 6.99. The summed E-state index contributed by atoms with van der Waals surface area (Å²) in [6, 6.07) is 1.64. The fourth-order valence-corrected chi connectivity index (χ4v) is 4.21. The molecule has 0 bridgehead atoms. The van der Waals surface area contributed by atoms with E-state index in [0.717, 1.165) is 12.1 Å². The van der Waals surface area contributed by atoms with E-state index in [-0.39, 0.29) is 23.8 Å². The molecule has 2 heterocycles. The van der Waals surface area contributed by atoms with Gasteiger partial charge in [0.05, 0.1) is 17.6 Å². The largest absolute Gasteiger partial charge is 0.450 e. The van der Waals surface area contributed by atoms with Crippen LogP contribution < -0.4 is 0 Å². The molecule has 0 N–H and O–H groups in total. The normalized spacial score (nSPS) is 19.0. The lowest BCUT2D eigenvalue weighted by Crippen LogP contribution is -2.43. The van der Waals surface area contributed by atoms with Crippen molar-refractivity contribution in [2.45, 2.75) is 19.4 Å². The van der Waals surface area contributed by atoms with Crippen molar-refractivity contribution in [2.75, 3.05) is 24.7 Å². The van der Waals surface area contributed by atoms with Crippen molar-refractivity contribution in [2.24, 2.45) is 0 Å². The van der Waals surface area contributed by atoms with Crippen LogP contribution >= 0.6 is 0 Å². The van der Waals surface area contributed by atoms with Crippen LogP contribution in [0.3, 0.4) is 0 Å². The van der Waals surface area contributed by atoms with Crippen molar-refractivity contribution < 1.29 is 32.1 Å². The summed E-state index contributed by atoms with van der Waals surface area (Å²) < 4.78 is 32.5. The number of nitro groups is 1. The van der Waals surface area contributed by atoms with E-state index in [0.29, 0.717) is 6.42 Å². The molecular weight excluding hydrogens is 344 g/mol. The van der Waals surface area contributed by atoms with E-state index in [4.69, 9.17) is 4.74 Å². The number of rotatable bonds is 6. The topological polar surface area (TPSA) is 137 Å². The Labute approximate surface area is 137 Å². The van der Waals surface area contributed by atoms with Gasteiger partial charge in [0, 0.05) is 12.6 Å². The van der Waals surface area contributed by atoms with Gasteiger partial charge in [0.1, 0.15) is 4.92 Å². The minimum absolute atomic E-state index is 0.0251. The molecule has 1 aliphatic heterocycles. The zero-order chi connectivity index (χ0) is 17.9. The quantitative estimate of drug-likeness (QED) is 0.403. The number of amides is 1. The Kier molecular flexibility index (Phi) is 5.22. The molecule has 0 saturated carbocycles. The van der Waals surface area contributed by atoms with Gasteiger partial charge in [-0.05, 0) is 19.4 Å². The number of likely N-dealkylation sites (N-methyl/N-ethyl adjacent to an activating group) is 1. The number of carbonyl (C=O) groups is 2. The lowest BCUT2D eigenvalue weighted by Gasteiger charge is -2.26. The molecule has 0 radical (unpaired) electrons. The number of sulfone groups is 1. The number of furan rings is 1. The van der Waals surface area contributed by atoms with E-state index in [1.165, 1.54) is 4.90 Å². The van der Waals surface area contributed by atoms with Gasteiger partial charge in [-0.1, -0.05) is 0 Å². The first-order chi connectivity index (χ1) is 11.2. The molecule has 1 aliphatic rings. The van der Waals surface area contributed by atoms with Crippen LogP contribution in [0, 0.1) is 10.1 Å². The van der Waals surface area contributed by atoms with Gasteiger partial charge < -0.3 is 14.1 Å². The number of carbonyl (C=O) groups excluding carboxylic acids is 2. The maximum atomic E-state index is 12.1. The summed E-state index contributed by atoms with van der Waals surface area (Å²) in [6.07, 6.45) is 0.347. The Morgan fingerprint density at radius 3 is 2.67 bits per heavy atom. The number of esters is 1. The molecule has 1 aromatic rings. The van der Waals surface area contributed by atoms with Gasteiger partial charge in [-0.3, -0.25) is 14.9 Å². The minimum atomic E-state index is -3.14.